The van der Waals surface area contributed by atoms with E-state index in [9.17, 15) is 0 Å². The third-order valence-electron chi connectivity index (χ3n) is 11.2. The Hall–Kier alpha value is -6.48. The van der Waals surface area contributed by atoms with E-state index in [2.05, 4.69) is 194 Å². The number of rotatable bonds is 5. The van der Waals surface area contributed by atoms with Crippen LogP contribution in [0.2, 0.25) is 0 Å². The molecule has 254 valence electrons. The topological polar surface area (TPSA) is 9.23 Å². The van der Waals surface area contributed by atoms with Gasteiger partial charge in [0, 0.05) is 21.1 Å². The lowest BCUT2D eigenvalue weighted by Crippen LogP contribution is -2.15. The van der Waals surface area contributed by atoms with Crippen LogP contribution in [0.15, 0.2) is 194 Å². The van der Waals surface area contributed by atoms with Crippen molar-refractivity contribution >= 4 is 43.0 Å². The molecule has 8 aromatic carbocycles. The molecule has 9 aromatic rings. The van der Waals surface area contributed by atoms with Crippen molar-refractivity contribution in [2.45, 2.75) is 12.0 Å². The van der Waals surface area contributed by atoms with Gasteiger partial charge in [-0.05, 0) is 126 Å². The van der Waals surface area contributed by atoms with Gasteiger partial charge >= 0.3 is 0 Å². The Morgan fingerprint density at radius 1 is 0.426 bits per heavy atom. The van der Waals surface area contributed by atoms with Crippen molar-refractivity contribution in [3.63, 3.8) is 0 Å². The molecule has 54 heavy (non-hydrogen) atoms. The molecule has 2 atom stereocenters. The molecule has 0 radical (unpaired) electrons. The third-order valence-corrected chi connectivity index (χ3v) is 12.3. The van der Waals surface area contributed by atoms with Gasteiger partial charge in [-0.25, -0.2) is 0 Å². The Labute approximate surface area is 318 Å². The molecule has 2 unspecified atom stereocenters. The van der Waals surface area contributed by atoms with Crippen molar-refractivity contribution in [1.82, 2.24) is 0 Å². The predicted octanol–water partition coefficient (Wildman–Crippen LogP) is 14.5. The number of ether oxygens (including phenoxy) is 1. The largest absolute Gasteiger partial charge is 0.485 e. The maximum Gasteiger partial charge on any atom is 0.128 e. The van der Waals surface area contributed by atoms with E-state index in [1.807, 2.05) is 11.3 Å². The fourth-order valence-corrected chi connectivity index (χ4v) is 9.84. The molecule has 0 saturated heterocycles. The standard InChI is InChI=1S/C52H34OS/c1-3-14-33(15-4-1)36-29-37(34-16-5-2-6-17-34)31-39(30-36)51-42-20-9-7-18-40(42)50(41-19-8-10-21-43(41)51)35-26-27-48-38(28-35)32-49(54-48)45-23-13-25-47-52(45)44-22-11-12-24-46(44)53-47/h1-32,44,46H. The molecule has 0 spiro atoms. The van der Waals surface area contributed by atoms with Crippen LogP contribution in [-0.4, -0.2) is 6.10 Å². The Bertz CT molecular complexity index is 2850. The summed E-state index contributed by atoms with van der Waals surface area (Å²) in [5, 5.41) is 6.29. The molecule has 2 heteroatoms. The Morgan fingerprint density at radius 2 is 1.00 bits per heavy atom. The monoisotopic (exact) mass is 706 g/mol. The van der Waals surface area contributed by atoms with Crippen LogP contribution >= 0.6 is 11.3 Å². The SMILES string of the molecule is C1=CC2Oc3cccc(-c4cc5cc(-c6c7ccccc7c(-c7cc(-c8ccccc8)cc(-c8ccccc8)c7)c7ccccc67)ccc5s4)c3C2C=C1. The van der Waals surface area contributed by atoms with E-state index in [4.69, 9.17) is 4.74 Å². The number of allylic oxidation sites excluding steroid dienone is 2. The molecule has 0 N–H and O–H groups in total. The molecule has 1 aromatic heterocycles. The van der Waals surface area contributed by atoms with E-state index in [-0.39, 0.29) is 12.0 Å². The summed E-state index contributed by atoms with van der Waals surface area (Å²) in [4.78, 5) is 1.28. The van der Waals surface area contributed by atoms with Gasteiger partial charge in [-0.2, -0.15) is 0 Å². The van der Waals surface area contributed by atoms with Crippen LogP contribution in [0, 0.1) is 0 Å². The maximum absolute atomic E-state index is 6.37. The molecule has 0 fully saturated rings. The second-order valence-corrected chi connectivity index (χ2v) is 15.4. The van der Waals surface area contributed by atoms with Crippen LogP contribution in [-0.2, 0) is 0 Å². The summed E-state index contributed by atoms with van der Waals surface area (Å²) in [5.74, 6) is 1.25. The zero-order valence-corrected chi connectivity index (χ0v) is 30.3. The number of benzene rings is 8. The number of fused-ring (bicyclic) bond motifs is 6. The van der Waals surface area contributed by atoms with Gasteiger partial charge in [0.25, 0.3) is 0 Å². The first-order valence-electron chi connectivity index (χ1n) is 18.7. The van der Waals surface area contributed by atoms with Crippen LogP contribution in [0.1, 0.15) is 11.5 Å². The quantitative estimate of drug-likeness (QED) is 0.162. The lowest BCUT2D eigenvalue weighted by atomic mass is 9.84. The molecule has 1 aliphatic carbocycles. The lowest BCUT2D eigenvalue weighted by molar-refractivity contribution is 0.269. The van der Waals surface area contributed by atoms with E-state index < -0.39 is 0 Å². The van der Waals surface area contributed by atoms with Crippen molar-refractivity contribution in [3.05, 3.63) is 200 Å². The average molecular weight is 707 g/mol. The molecule has 1 nitrogen and oxygen atoms in total. The summed E-state index contributed by atoms with van der Waals surface area (Å²) in [6.07, 6.45) is 8.77. The first-order chi connectivity index (χ1) is 26.8. The van der Waals surface area contributed by atoms with Crippen LogP contribution in [0.4, 0.5) is 0 Å². The molecule has 0 bridgehead atoms. The fourth-order valence-electron chi connectivity index (χ4n) is 8.76. The third kappa shape index (κ3) is 5.06. The van der Waals surface area contributed by atoms with Crippen molar-refractivity contribution in [3.8, 4) is 60.7 Å². The minimum absolute atomic E-state index is 0.0717. The molecular weight excluding hydrogens is 673 g/mol. The van der Waals surface area contributed by atoms with Crippen molar-refractivity contribution < 1.29 is 4.74 Å². The van der Waals surface area contributed by atoms with Gasteiger partial charge in [0.15, 0.2) is 0 Å². The number of hydrogen-bond donors (Lipinski definition) is 0. The molecule has 0 saturated carbocycles. The highest BCUT2D eigenvalue weighted by atomic mass is 32.1. The molecule has 1 aliphatic heterocycles. The Kier molecular flexibility index (Phi) is 7.24. The van der Waals surface area contributed by atoms with Crippen LogP contribution in [0.3, 0.4) is 0 Å². The number of thiophene rings is 1. The first kappa shape index (κ1) is 31.1. The van der Waals surface area contributed by atoms with Gasteiger partial charge in [0.1, 0.15) is 11.9 Å². The van der Waals surface area contributed by atoms with Gasteiger partial charge in [-0.15, -0.1) is 11.3 Å². The van der Waals surface area contributed by atoms with Crippen LogP contribution in [0.5, 0.6) is 5.75 Å². The summed E-state index contributed by atoms with van der Waals surface area (Å²) in [7, 11) is 0. The van der Waals surface area contributed by atoms with Crippen LogP contribution < -0.4 is 4.74 Å². The van der Waals surface area contributed by atoms with Gasteiger partial charge in [0.2, 0.25) is 0 Å². The smallest absolute Gasteiger partial charge is 0.128 e. The van der Waals surface area contributed by atoms with Gasteiger partial charge in [0.05, 0.1) is 0 Å². The van der Waals surface area contributed by atoms with E-state index in [1.165, 1.54) is 92.1 Å². The molecular formula is C52H34OS. The normalized spacial score (nSPS) is 15.8. The van der Waals surface area contributed by atoms with Gasteiger partial charge in [-0.3, -0.25) is 0 Å². The zero-order valence-electron chi connectivity index (χ0n) is 29.4. The van der Waals surface area contributed by atoms with E-state index in [0.29, 0.717) is 0 Å². The maximum atomic E-state index is 6.37. The highest BCUT2D eigenvalue weighted by Gasteiger charge is 2.34. The molecule has 2 aliphatic rings. The minimum Gasteiger partial charge on any atom is -0.485 e. The van der Waals surface area contributed by atoms with Gasteiger partial charge < -0.3 is 4.74 Å². The summed E-state index contributed by atoms with van der Waals surface area (Å²) >= 11 is 1.87. The van der Waals surface area contributed by atoms with Crippen molar-refractivity contribution in [2.24, 2.45) is 0 Å². The highest BCUT2D eigenvalue weighted by Crippen LogP contribution is 2.50. The van der Waals surface area contributed by atoms with Crippen molar-refractivity contribution in [2.75, 3.05) is 0 Å². The summed E-state index contributed by atoms with van der Waals surface area (Å²) in [6.45, 7) is 0. The predicted molar refractivity (Wildman–Crippen MR) is 229 cm³/mol. The fraction of sp³-hybridized carbons (Fsp3) is 0.0385. The van der Waals surface area contributed by atoms with E-state index in [1.54, 1.807) is 0 Å². The molecule has 2 heterocycles. The number of hydrogen-bond acceptors (Lipinski definition) is 2. The van der Waals surface area contributed by atoms with E-state index in [0.717, 1.165) is 5.75 Å². The molecule has 0 amide bonds. The van der Waals surface area contributed by atoms with Crippen LogP contribution in [0.25, 0.3) is 86.6 Å². The second-order valence-electron chi connectivity index (χ2n) is 14.3. The van der Waals surface area contributed by atoms with E-state index >= 15 is 0 Å². The van der Waals surface area contributed by atoms with Gasteiger partial charge in [-0.1, -0.05) is 146 Å². The first-order valence-corrected chi connectivity index (χ1v) is 19.5. The van der Waals surface area contributed by atoms with Crippen molar-refractivity contribution in [1.29, 1.82) is 0 Å². The highest BCUT2D eigenvalue weighted by molar-refractivity contribution is 7.22. The Balaban J connectivity index is 1.10. The average Bonchev–Trinajstić information content (AvgIpc) is 3.85. The summed E-state index contributed by atoms with van der Waals surface area (Å²) in [6, 6.07) is 62.5. The second kappa shape index (κ2) is 12.6. The zero-order chi connectivity index (χ0) is 35.6. The summed E-state index contributed by atoms with van der Waals surface area (Å²) in [5.41, 5.74) is 12.4. The lowest BCUT2D eigenvalue weighted by Gasteiger charge is -2.19. The minimum atomic E-state index is 0.0717. The Morgan fingerprint density at radius 3 is 1.65 bits per heavy atom. The molecule has 11 rings (SSSR count). The summed E-state index contributed by atoms with van der Waals surface area (Å²) < 4.78 is 7.66.